The van der Waals surface area contributed by atoms with Crippen molar-refractivity contribution >= 4 is 12.1 Å². The minimum absolute atomic E-state index is 0.0500. The van der Waals surface area contributed by atoms with Crippen molar-refractivity contribution in [1.29, 1.82) is 0 Å². The van der Waals surface area contributed by atoms with Crippen LogP contribution in [-0.2, 0) is 20.8 Å². The first-order chi connectivity index (χ1) is 12.2. The van der Waals surface area contributed by atoms with Crippen LogP contribution < -0.4 is 0 Å². The zero-order valence-corrected chi connectivity index (χ0v) is 15.9. The Hall–Kier alpha value is -2.08. The number of carbonyl (C=O) groups is 2. The second-order valence-electron chi connectivity index (χ2n) is 8.26. The van der Waals surface area contributed by atoms with E-state index in [0.717, 1.165) is 32.5 Å². The molecule has 1 amide bonds. The Morgan fingerprint density at radius 3 is 2.46 bits per heavy atom. The lowest BCUT2D eigenvalue weighted by Gasteiger charge is -2.37. The molecule has 142 valence electrons. The van der Waals surface area contributed by atoms with Gasteiger partial charge in [0, 0.05) is 32.5 Å². The molecule has 3 rings (SSSR count). The van der Waals surface area contributed by atoms with E-state index in [9.17, 15) is 9.59 Å². The van der Waals surface area contributed by atoms with Crippen molar-refractivity contribution in [3.8, 4) is 0 Å². The predicted octanol–water partition coefficient (Wildman–Crippen LogP) is 2.82. The Labute approximate surface area is 155 Å². The fourth-order valence-corrected chi connectivity index (χ4v) is 3.56. The van der Waals surface area contributed by atoms with Crippen LogP contribution in [0.25, 0.3) is 0 Å². The molecular weight excluding hydrogens is 332 g/mol. The van der Waals surface area contributed by atoms with E-state index in [2.05, 4.69) is 17.0 Å². The van der Waals surface area contributed by atoms with Crippen LogP contribution in [0.5, 0.6) is 0 Å². The highest BCUT2D eigenvalue weighted by atomic mass is 16.6. The maximum atomic E-state index is 12.2. The van der Waals surface area contributed by atoms with E-state index >= 15 is 0 Å². The van der Waals surface area contributed by atoms with Crippen LogP contribution in [0.1, 0.15) is 39.2 Å². The topological polar surface area (TPSA) is 59.1 Å². The summed E-state index contributed by atoms with van der Waals surface area (Å²) in [6, 6.07) is 10.4. The van der Waals surface area contributed by atoms with Gasteiger partial charge in [0.05, 0.1) is 6.54 Å². The van der Waals surface area contributed by atoms with Crippen molar-refractivity contribution in [2.45, 2.75) is 51.4 Å². The molecule has 1 spiro atoms. The largest absolute Gasteiger partial charge is 0.459 e. The predicted molar refractivity (Wildman–Crippen MR) is 97.6 cm³/mol. The van der Waals surface area contributed by atoms with Gasteiger partial charge in [0.1, 0.15) is 17.7 Å². The van der Waals surface area contributed by atoms with Crippen LogP contribution in [0, 0.1) is 0 Å². The third kappa shape index (κ3) is 4.75. The minimum Gasteiger partial charge on any atom is -0.459 e. The second kappa shape index (κ2) is 7.27. The average Bonchev–Trinajstić information content (AvgIpc) is 2.84. The molecule has 2 aliphatic rings. The summed E-state index contributed by atoms with van der Waals surface area (Å²) >= 11 is 0. The van der Waals surface area contributed by atoms with Crippen LogP contribution in [0.3, 0.4) is 0 Å². The average molecular weight is 360 g/mol. The number of likely N-dealkylation sites (tertiary alicyclic amines) is 1. The molecule has 0 aromatic heterocycles. The van der Waals surface area contributed by atoms with Gasteiger partial charge in [-0.05, 0) is 26.3 Å². The summed E-state index contributed by atoms with van der Waals surface area (Å²) in [7, 11) is 0. The molecule has 26 heavy (non-hydrogen) atoms. The molecule has 1 aromatic rings. The number of carbonyl (C=O) groups excluding carboxylic acids is 2. The molecule has 2 aliphatic heterocycles. The monoisotopic (exact) mass is 360 g/mol. The number of nitrogens with zero attached hydrogens (tertiary/aromatic N) is 2. The highest BCUT2D eigenvalue weighted by molar-refractivity contribution is 5.79. The van der Waals surface area contributed by atoms with Gasteiger partial charge in [-0.1, -0.05) is 30.3 Å². The van der Waals surface area contributed by atoms with E-state index < -0.39 is 23.3 Å². The summed E-state index contributed by atoms with van der Waals surface area (Å²) in [6.45, 7) is 8.53. The smallest absolute Gasteiger partial charge is 0.411 e. The van der Waals surface area contributed by atoms with E-state index in [1.54, 1.807) is 0 Å². The Morgan fingerprint density at radius 2 is 1.85 bits per heavy atom. The molecule has 2 saturated heterocycles. The van der Waals surface area contributed by atoms with Crippen LogP contribution in [0.4, 0.5) is 4.79 Å². The molecule has 2 heterocycles. The van der Waals surface area contributed by atoms with Crippen molar-refractivity contribution in [2.75, 3.05) is 26.2 Å². The molecule has 1 aromatic carbocycles. The van der Waals surface area contributed by atoms with Gasteiger partial charge in [-0.15, -0.1) is 0 Å². The van der Waals surface area contributed by atoms with Crippen LogP contribution in [0.15, 0.2) is 30.3 Å². The molecule has 0 atom stereocenters. The molecule has 0 bridgehead atoms. The second-order valence-corrected chi connectivity index (χ2v) is 8.26. The third-order valence-corrected chi connectivity index (χ3v) is 4.80. The number of hydrogen-bond donors (Lipinski definition) is 0. The number of rotatable bonds is 4. The van der Waals surface area contributed by atoms with Gasteiger partial charge in [-0.3, -0.25) is 14.6 Å². The van der Waals surface area contributed by atoms with Crippen LogP contribution in [-0.4, -0.2) is 59.2 Å². The summed E-state index contributed by atoms with van der Waals surface area (Å²) in [5.74, 6) is -0.395. The first kappa shape index (κ1) is 18.7. The molecule has 0 N–H and O–H groups in total. The fraction of sp³-hybridized carbons (Fsp3) is 0.600. The van der Waals surface area contributed by atoms with E-state index in [4.69, 9.17) is 9.47 Å². The molecule has 6 heteroatoms. The summed E-state index contributed by atoms with van der Waals surface area (Å²) < 4.78 is 11.0. The minimum atomic E-state index is -0.554. The first-order valence-electron chi connectivity index (χ1n) is 9.21. The number of amides is 1. The molecular formula is C20H28N2O4. The molecule has 0 unspecified atom stereocenters. The zero-order chi connectivity index (χ0) is 18.8. The van der Waals surface area contributed by atoms with Crippen LogP contribution in [0.2, 0.25) is 0 Å². The van der Waals surface area contributed by atoms with E-state index in [-0.39, 0.29) is 6.54 Å². The normalized spacial score (nSPS) is 20.3. The van der Waals surface area contributed by atoms with E-state index in [1.165, 1.54) is 10.5 Å². The van der Waals surface area contributed by atoms with Crippen molar-refractivity contribution < 1.29 is 19.1 Å². The summed E-state index contributed by atoms with van der Waals surface area (Å²) in [5, 5.41) is 0. The van der Waals surface area contributed by atoms with Gasteiger partial charge in [0.15, 0.2) is 0 Å². The number of piperidine rings is 1. The summed E-state index contributed by atoms with van der Waals surface area (Å²) in [5.41, 5.74) is 0.270. The number of esters is 1. The van der Waals surface area contributed by atoms with Gasteiger partial charge in [0.25, 0.3) is 0 Å². The Bertz CT molecular complexity index is 646. The molecule has 0 saturated carbocycles. The Morgan fingerprint density at radius 1 is 1.19 bits per heavy atom. The maximum Gasteiger partial charge on any atom is 0.411 e. The lowest BCUT2D eigenvalue weighted by Crippen LogP contribution is -2.47. The lowest BCUT2D eigenvalue weighted by molar-refractivity contribution is -0.155. The van der Waals surface area contributed by atoms with E-state index in [0.29, 0.717) is 6.54 Å². The molecule has 6 nitrogen and oxygen atoms in total. The Balaban J connectivity index is 1.51. The van der Waals surface area contributed by atoms with E-state index in [1.807, 2.05) is 39.0 Å². The Kier molecular flexibility index (Phi) is 5.23. The number of ether oxygens (including phenoxy) is 2. The number of benzene rings is 1. The van der Waals surface area contributed by atoms with Crippen molar-refractivity contribution in [3.63, 3.8) is 0 Å². The van der Waals surface area contributed by atoms with Crippen LogP contribution >= 0.6 is 0 Å². The standard InChI is InChI=1S/C20H28N2O4/c1-19(2,3)25-17(23)14-22-15-20(26-18(22)24)9-11-21(12-10-20)13-16-7-5-4-6-8-16/h4-8H,9-15H2,1-3H3. The number of hydrogen-bond acceptors (Lipinski definition) is 5. The summed E-state index contributed by atoms with van der Waals surface area (Å²) in [4.78, 5) is 28.1. The summed E-state index contributed by atoms with van der Waals surface area (Å²) in [6.07, 6.45) is 1.17. The SMILES string of the molecule is CC(C)(C)OC(=O)CN1CC2(CCN(Cc3ccccc3)CC2)OC1=O. The van der Waals surface area contributed by atoms with Gasteiger partial charge < -0.3 is 9.47 Å². The molecule has 2 fully saturated rings. The quantitative estimate of drug-likeness (QED) is 0.773. The van der Waals surface area contributed by atoms with Gasteiger partial charge in [-0.2, -0.15) is 0 Å². The van der Waals surface area contributed by atoms with Gasteiger partial charge >= 0.3 is 12.1 Å². The van der Waals surface area contributed by atoms with Crippen molar-refractivity contribution in [2.24, 2.45) is 0 Å². The molecule has 0 aliphatic carbocycles. The van der Waals surface area contributed by atoms with Gasteiger partial charge in [0.2, 0.25) is 0 Å². The fourth-order valence-electron chi connectivity index (χ4n) is 3.56. The highest BCUT2D eigenvalue weighted by Crippen LogP contribution is 2.33. The highest BCUT2D eigenvalue weighted by Gasteiger charge is 2.47. The zero-order valence-electron chi connectivity index (χ0n) is 15.9. The third-order valence-electron chi connectivity index (χ3n) is 4.80. The maximum absolute atomic E-state index is 12.2. The lowest BCUT2D eigenvalue weighted by atomic mass is 9.91. The first-order valence-corrected chi connectivity index (χ1v) is 9.21. The van der Waals surface area contributed by atoms with Crippen molar-refractivity contribution in [3.05, 3.63) is 35.9 Å². The van der Waals surface area contributed by atoms with Crippen molar-refractivity contribution in [1.82, 2.24) is 9.80 Å². The van der Waals surface area contributed by atoms with Gasteiger partial charge in [-0.25, -0.2) is 4.79 Å². The molecule has 0 radical (unpaired) electrons.